The average molecular weight is 581 g/mol. The van der Waals surface area contributed by atoms with Crippen molar-refractivity contribution in [2.45, 2.75) is 52.4 Å². The van der Waals surface area contributed by atoms with Crippen LogP contribution in [0.25, 0.3) is 0 Å². The van der Waals surface area contributed by atoms with Gasteiger partial charge in [0.25, 0.3) is 11.8 Å². The van der Waals surface area contributed by atoms with Crippen molar-refractivity contribution in [2.75, 3.05) is 23.8 Å². The maximum atomic E-state index is 12.3. The van der Waals surface area contributed by atoms with E-state index in [-0.39, 0.29) is 35.9 Å². The van der Waals surface area contributed by atoms with Crippen LogP contribution in [0, 0.1) is 0 Å². The third-order valence-corrected chi connectivity index (χ3v) is 6.69. The van der Waals surface area contributed by atoms with Gasteiger partial charge in [-0.1, -0.05) is 65.8 Å². The summed E-state index contributed by atoms with van der Waals surface area (Å²) in [6, 6.07) is 29.7. The first kappa shape index (κ1) is 31.2. The lowest BCUT2D eigenvalue weighted by atomic mass is 9.87. The summed E-state index contributed by atoms with van der Waals surface area (Å²) < 4.78 is 17.1. The summed E-state index contributed by atoms with van der Waals surface area (Å²) in [6.07, 6.45) is 0. The molecule has 0 atom stereocenters. The normalized spacial score (nSPS) is 11.4. The lowest BCUT2D eigenvalue weighted by Gasteiger charge is -2.19. The summed E-state index contributed by atoms with van der Waals surface area (Å²) in [5, 5.41) is 5.65. The maximum absolute atomic E-state index is 12.3. The van der Waals surface area contributed by atoms with Crippen molar-refractivity contribution >= 4 is 23.2 Å². The molecule has 224 valence electrons. The highest BCUT2D eigenvalue weighted by Crippen LogP contribution is 2.27. The highest BCUT2D eigenvalue weighted by Gasteiger charge is 2.14. The Hall–Kier alpha value is -4.78. The highest BCUT2D eigenvalue weighted by molar-refractivity contribution is 5.92. The summed E-state index contributed by atoms with van der Waals surface area (Å²) in [5.74, 6) is 2.00. The van der Waals surface area contributed by atoms with Gasteiger partial charge in [0.05, 0.1) is 0 Å². The molecule has 0 saturated carbocycles. The number of nitrogens with one attached hydrogen (secondary N) is 2. The van der Waals surface area contributed by atoms with Crippen molar-refractivity contribution in [1.29, 1.82) is 0 Å². The van der Waals surface area contributed by atoms with Crippen LogP contribution in [-0.4, -0.2) is 25.0 Å². The molecule has 4 aromatic carbocycles. The molecule has 4 rings (SSSR count). The minimum absolute atomic E-state index is 0.0586. The molecule has 0 saturated heterocycles. The van der Waals surface area contributed by atoms with Crippen LogP contribution in [-0.2, 0) is 20.4 Å². The minimum atomic E-state index is -0.255. The number of amides is 2. The van der Waals surface area contributed by atoms with Gasteiger partial charge >= 0.3 is 0 Å². The Bertz CT molecular complexity index is 1380. The van der Waals surface area contributed by atoms with Gasteiger partial charge in [0.1, 0.15) is 23.0 Å². The van der Waals surface area contributed by atoms with Gasteiger partial charge in [0, 0.05) is 11.4 Å². The smallest absolute Gasteiger partial charge is 0.262 e. The van der Waals surface area contributed by atoms with Crippen molar-refractivity contribution < 1.29 is 23.8 Å². The van der Waals surface area contributed by atoms with Crippen LogP contribution >= 0.6 is 0 Å². The quantitative estimate of drug-likeness (QED) is 0.198. The topological polar surface area (TPSA) is 85.9 Å². The number of ether oxygens (including phenoxy) is 3. The number of hydrogen-bond acceptors (Lipinski definition) is 5. The van der Waals surface area contributed by atoms with Gasteiger partial charge in [-0.25, -0.2) is 0 Å². The van der Waals surface area contributed by atoms with Gasteiger partial charge in [0.15, 0.2) is 13.2 Å². The average Bonchev–Trinajstić information content (AvgIpc) is 2.96. The second-order valence-corrected chi connectivity index (χ2v) is 12.4. The molecule has 2 N–H and O–H groups in total. The lowest BCUT2D eigenvalue weighted by Crippen LogP contribution is -2.20. The van der Waals surface area contributed by atoms with Crippen LogP contribution in [0.15, 0.2) is 97.1 Å². The molecule has 0 radical (unpaired) electrons. The lowest BCUT2D eigenvalue weighted by molar-refractivity contribution is -0.118. The van der Waals surface area contributed by atoms with E-state index < -0.39 is 0 Å². The molecule has 0 bridgehead atoms. The number of benzene rings is 4. The first-order chi connectivity index (χ1) is 20.3. The van der Waals surface area contributed by atoms with E-state index in [4.69, 9.17) is 14.2 Å². The predicted octanol–water partition coefficient (Wildman–Crippen LogP) is 8.11. The van der Waals surface area contributed by atoms with E-state index in [0.29, 0.717) is 34.4 Å². The van der Waals surface area contributed by atoms with Crippen molar-refractivity contribution in [3.8, 4) is 23.0 Å². The summed E-state index contributed by atoms with van der Waals surface area (Å²) in [4.78, 5) is 24.7. The number of carbonyl (C=O) groups is 2. The van der Waals surface area contributed by atoms with E-state index in [1.165, 1.54) is 11.1 Å². The standard InChI is InChI=1S/C36H40N2O5/c1-35(2,3)25-7-15-29(16-8-25)41-23-33(39)37-27-11-19-31(20-12-27)43-32-21-13-28(14-22-32)38-34(40)24-42-30-17-9-26(10-18-30)36(4,5)6/h7-22H,23-24H2,1-6H3,(H,37,39)(H,38,40). The largest absolute Gasteiger partial charge is 0.484 e. The van der Waals surface area contributed by atoms with Crippen LogP contribution in [0.3, 0.4) is 0 Å². The Balaban J connectivity index is 1.19. The summed E-state index contributed by atoms with van der Waals surface area (Å²) in [7, 11) is 0. The molecule has 0 heterocycles. The number of hydrogen-bond donors (Lipinski definition) is 2. The fraction of sp³-hybridized carbons (Fsp3) is 0.278. The van der Waals surface area contributed by atoms with Crippen LogP contribution in [0.2, 0.25) is 0 Å². The van der Waals surface area contributed by atoms with Crippen LogP contribution in [0.4, 0.5) is 11.4 Å². The van der Waals surface area contributed by atoms with Gasteiger partial charge in [0.2, 0.25) is 0 Å². The molecule has 7 nitrogen and oxygen atoms in total. The summed E-state index contributed by atoms with van der Waals surface area (Å²) in [6.45, 7) is 12.7. The molecule has 43 heavy (non-hydrogen) atoms. The maximum Gasteiger partial charge on any atom is 0.262 e. The zero-order chi connectivity index (χ0) is 31.0. The fourth-order valence-corrected chi connectivity index (χ4v) is 4.14. The fourth-order valence-electron chi connectivity index (χ4n) is 4.14. The highest BCUT2D eigenvalue weighted by atomic mass is 16.5. The Morgan fingerprint density at radius 2 is 0.791 bits per heavy atom. The minimum Gasteiger partial charge on any atom is -0.484 e. The van der Waals surface area contributed by atoms with E-state index in [0.717, 1.165) is 0 Å². The van der Waals surface area contributed by atoms with Gasteiger partial charge in [-0.3, -0.25) is 9.59 Å². The first-order valence-corrected chi connectivity index (χ1v) is 14.3. The molecule has 0 spiro atoms. The Kier molecular flexibility index (Phi) is 9.76. The zero-order valence-corrected chi connectivity index (χ0v) is 25.7. The molecular weight excluding hydrogens is 540 g/mol. The van der Waals surface area contributed by atoms with Gasteiger partial charge < -0.3 is 24.8 Å². The van der Waals surface area contributed by atoms with E-state index in [1.54, 1.807) is 48.5 Å². The second kappa shape index (κ2) is 13.5. The first-order valence-electron chi connectivity index (χ1n) is 14.3. The van der Waals surface area contributed by atoms with Crippen molar-refractivity contribution in [3.63, 3.8) is 0 Å². The van der Waals surface area contributed by atoms with Gasteiger partial charge in [-0.05, 0) is 94.8 Å². The Labute approximate surface area is 254 Å². The van der Waals surface area contributed by atoms with Gasteiger partial charge in [-0.2, -0.15) is 0 Å². The summed E-state index contributed by atoms with van der Waals surface area (Å²) >= 11 is 0. The monoisotopic (exact) mass is 580 g/mol. The molecular formula is C36H40N2O5. The molecule has 0 aliphatic rings. The molecule has 0 fully saturated rings. The third kappa shape index (κ3) is 9.64. The molecule has 2 amide bonds. The van der Waals surface area contributed by atoms with E-state index >= 15 is 0 Å². The zero-order valence-electron chi connectivity index (χ0n) is 25.7. The van der Waals surface area contributed by atoms with E-state index in [2.05, 4.69) is 52.2 Å². The third-order valence-electron chi connectivity index (χ3n) is 6.69. The van der Waals surface area contributed by atoms with Gasteiger partial charge in [-0.15, -0.1) is 0 Å². The van der Waals surface area contributed by atoms with Crippen molar-refractivity contribution in [2.24, 2.45) is 0 Å². The molecule has 0 aliphatic heterocycles. The van der Waals surface area contributed by atoms with Crippen LogP contribution < -0.4 is 24.8 Å². The summed E-state index contributed by atoms with van der Waals surface area (Å²) in [5.41, 5.74) is 3.79. The Morgan fingerprint density at radius 1 is 0.488 bits per heavy atom. The van der Waals surface area contributed by atoms with Crippen LogP contribution in [0.5, 0.6) is 23.0 Å². The molecule has 4 aromatic rings. The van der Waals surface area contributed by atoms with E-state index in [1.807, 2.05) is 48.5 Å². The molecule has 0 aliphatic carbocycles. The second-order valence-electron chi connectivity index (χ2n) is 12.4. The number of carbonyl (C=O) groups excluding carboxylic acids is 2. The number of rotatable bonds is 10. The van der Waals surface area contributed by atoms with Crippen LogP contribution in [0.1, 0.15) is 52.7 Å². The molecule has 7 heteroatoms. The molecule has 0 unspecified atom stereocenters. The Morgan fingerprint density at radius 3 is 1.09 bits per heavy atom. The van der Waals surface area contributed by atoms with Crippen molar-refractivity contribution in [3.05, 3.63) is 108 Å². The predicted molar refractivity (Wildman–Crippen MR) is 171 cm³/mol. The van der Waals surface area contributed by atoms with Crippen molar-refractivity contribution in [1.82, 2.24) is 0 Å². The van der Waals surface area contributed by atoms with E-state index in [9.17, 15) is 9.59 Å². The SMILES string of the molecule is CC(C)(C)c1ccc(OCC(=O)Nc2ccc(Oc3ccc(NC(=O)COc4ccc(C(C)(C)C)cc4)cc3)cc2)cc1. The molecule has 0 aromatic heterocycles. The number of anilines is 2.